The Hall–Kier alpha value is -2.29. The van der Waals surface area contributed by atoms with Crippen molar-refractivity contribution in [2.24, 2.45) is 0 Å². The molecule has 2 aromatic rings. The molecule has 1 aliphatic rings. The number of nitrogens with zero attached hydrogens (tertiary/aromatic N) is 1. The summed E-state index contributed by atoms with van der Waals surface area (Å²) in [7, 11) is 0. The number of ether oxygens (including phenoxy) is 1. The molecule has 3 rings (SSSR count). The minimum atomic E-state index is 0.0451. The lowest BCUT2D eigenvalue weighted by Crippen LogP contribution is -2.37. The van der Waals surface area contributed by atoms with Gasteiger partial charge >= 0.3 is 0 Å². The Kier molecular flexibility index (Phi) is 3.91. The maximum absolute atomic E-state index is 12.8. The molecule has 0 aromatic heterocycles. The second-order valence-electron chi connectivity index (χ2n) is 5.22. The number of benzene rings is 2. The first-order chi connectivity index (χ1) is 10.3. The summed E-state index contributed by atoms with van der Waals surface area (Å²) in [4.78, 5) is 14.6. The molecule has 0 spiro atoms. The normalized spacial score (nSPS) is 13.5. The number of hydrogen-bond donors (Lipinski definition) is 0. The molecule has 108 valence electrons. The quantitative estimate of drug-likeness (QED) is 0.859. The Bertz CT molecular complexity index is 651. The lowest BCUT2D eigenvalue weighted by atomic mass is 10.1. The molecule has 0 fully saturated rings. The molecular formula is C18H19NO2. The van der Waals surface area contributed by atoms with Crippen LogP contribution in [-0.4, -0.2) is 19.1 Å². The third kappa shape index (κ3) is 2.77. The van der Waals surface area contributed by atoms with Crippen molar-refractivity contribution in [3.05, 3.63) is 59.7 Å². The molecule has 0 saturated carbocycles. The van der Waals surface area contributed by atoms with Gasteiger partial charge in [-0.05, 0) is 36.2 Å². The molecule has 2 aromatic carbocycles. The van der Waals surface area contributed by atoms with Crippen LogP contribution in [0.2, 0.25) is 0 Å². The van der Waals surface area contributed by atoms with Crippen LogP contribution in [0, 0.1) is 0 Å². The average Bonchev–Trinajstić information content (AvgIpc) is 2.54. The summed E-state index contributed by atoms with van der Waals surface area (Å²) in [5.41, 5.74) is 2.82. The van der Waals surface area contributed by atoms with Crippen LogP contribution >= 0.6 is 0 Å². The zero-order valence-corrected chi connectivity index (χ0v) is 12.2. The summed E-state index contributed by atoms with van der Waals surface area (Å²) < 4.78 is 5.61. The van der Waals surface area contributed by atoms with Crippen molar-refractivity contribution >= 4 is 11.6 Å². The van der Waals surface area contributed by atoms with E-state index in [1.54, 1.807) is 0 Å². The number of anilines is 1. The summed E-state index contributed by atoms with van der Waals surface area (Å²) in [6.45, 7) is 3.28. The first kappa shape index (κ1) is 13.7. The van der Waals surface area contributed by atoms with Gasteiger partial charge in [0.1, 0.15) is 12.4 Å². The van der Waals surface area contributed by atoms with Crippen LogP contribution in [0.25, 0.3) is 0 Å². The van der Waals surface area contributed by atoms with E-state index in [9.17, 15) is 4.79 Å². The maximum Gasteiger partial charge on any atom is 0.258 e. The van der Waals surface area contributed by atoms with Gasteiger partial charge in [-0.25, -0.2) is 0 Å². The molecule has 0 saturated heterocycles. The minimum Gasteiger partial charge on any atom is -0.490 e. The van der Waals surface area contributed by atoms with E-state index >= 15 is 0 Å². The molecule has 3 heteroatoms. The molecule has 0 N–H and O–H groups in total. The minimum absolute atomic E-state index is 0.0451. The Labute approximate surface area is 125 Å². The van der Waals surface area contributed by atoms with E-state index in [-0.39, 0.29) is 5.91 Å². The summed E-state index contributed by atoms with van der Waals surface area (Å²) in [6.07, 6.45) is 2.08. The Morgan fingerprint density at radius 3 is 2.90 bits per heavy atom. The number of fused-ring (bicyclic) bond motifs is 1. The third-order valence-electron chi connectivity index (χ3n) is 3.69. The fourth-order valence-electron chi connectivity index (χ4n) is 2.68. The van der Waals surface area contributed by atoms with Gasteiger partial charge in [0.05, 0.1) is 12.2 Å². The Balaban J connectivity index is 1.91. The molecular weight excluding hydrogens is 262 g/mol. The summed E-state index contributed by atoms with van der Waals surface area (Å²) in [5, 5.41) is 0. The summed E-state index contributed by atoms with van der Waals surface area (Å²) in [6, 6.07) is 15.6. The van der Waals surface area contributed by atoms with Gasteiger partial charge in [0.15, 0.2) is 0 Å². The van der Waals surface area contributed by atoms with Crippen LogP contribution in [0.1, 0.15) is 29.3 Å². The van der Waals surface area contributed by atoms with Crippen LogP contribution < -0.4 is 9.64 Å². The van der Waals surface area contributed by atoms with E-state index in [2.05, 4.69) is 13.0 Å². The highest BCUT2D eigenvalue weighted by atomic mass is 16.5. The van der Waals surface area contributed by atoms with Gasteiger partial charge < -0.3 is 9.64 Å². The molecule has 1 heterocycles. The fourth-order valence-corrected chi connectivity index (χ4v) is 2.68. The monoisotopic (exact) mass is 281 g/mol. The highest BCUT2D eigenvalue weighted by Crippen LogP contribution is 2.32. The Morgan fingerprint density at radius 1 is 1.19 bits per heavy atom. The molecule has 0 unspecified atom stereocenters. The number of aryl methyl sites for hydroxylation is 1. The maximum atomic E-state index is 12.8. The molecule has 21 heavy (non-hydrogen) atoms. The van der Waals surface area contributed by atoms with E-state index in [0.717, 1.165) is 29.8 Å². The number of para-hydroxylation sites is 2. The van der Waals surface area contributed by atoms with Crippen molar-refractivity contribution in [2.75, 3.05) is 18.1 Å². The molecule has 0 aliphatic carbocycles. The van der Waals surface area contributed by atoms with Gasteiger partial charge in [-0.2, -0.15) is 0 Å². The number of amides is 1. The predicted octanol–water partition coefficient (Wildman–Crippen LogP) is 3.68. The second kappa shape index (κ2) is 6.00. The standard InChI is InChI=1S/C18H19NO2/c1-2-6-14-7-5-8-15(13-14)18(20)19-11-12-21-17-10-4-3-9-16(17)19/h3-5,7-10,13H,2,6,11-12H2,1H3. The van der Waals surface area contributed by atoms with Crippen molar-refractivity contribution in [1.29, 1.82) is 0 Å². The van der Waals surface area contributed by atoms with Gasteiger partial charge in [-0.1, -0.05) is 37.6 Å². The fraction of sp³-hybridized carbons (Fsp3) is 0.278. The van der Waals surface area contributed by atoms with E-state index in [1.807, 2.05) is 47.4 Å². The molecule has 0 atom stereocenters. The lowest BCUT2D eigenvalue weighted by Gasteiger charge is -2.29. The van der Waals surface area contributed by atoms with Gasteiger partial charge in [-0.15, -0.1) is 0 Å². The van der Waals surface area contributed by atoms with Crippen molar-refractivity contribution < 1.29 is 9.53 Å². The third-order valence-corrected chi connectivity index (χ3v) is 3.69. The van der Waals surface area contributed by atoms with Gasteiger partial charge in [-0.3, -0.25) is 4.79 Å². The van der Waals surface area contributed by atoms with E-state index in [1.165, 1.54) is 5.56 Å². The molecule has 1 aliphatic heterocycles. The van der Waals surface area contributed by atoms with E-state index < -0.39 is 0 Å². The summed E-state index contributed by atoms with van der Waals surface area (Å²) in [5.74, 6) is 0.825. The van der Waals surface area contributed by atoms with E-state index in [0.29, 0.717) is 13.2 Å². The van der Waals surface area contributed by atoms with E-state index in [4.69, 9.17) is 4.74 Å². The zero-order chi connectivity index (χ0) is 14.7. The highest BCUT2D eigenvalue weighted by molar-refractivity contribution is 6.07. The molecule has 3 nitrogen and oxygen atoms in total. The van der Waals surface area contributed by atoms with Crippen LogP contribution in [0.4, 0.5) is 5.69 Å². The first-order valence-corrected chi connectivity index (χ1v) is 7.42. The Morgan fingerprint density at radius 2 is 2.05 bits per heavy atom. The molecule has 0 radical (unpaired) electrons. The largest absolute Gasteiger partial charge is 0.490 e. The average molecular weight is 281 g/mol. The van der Waals surface area contributed by atoms with Crippen molar-refractivity contribution in [1.82, 2.24) is 0 Å². The molecule has 1 amide bonds. The topological polar surface area (TPSA) is 29.5 Å². The number of carbonyl (C=O) groups is 1. The van der Waals surface area contributed by atoms with Crippen LogP contribution in [-0.2, 0) is 6.42 Å². The highest BCUT2D eigenvalue weighted by Gasteiger charge is 2.24. The van der Waals surface area contributed by atoms with Gasteiger partial charge in [0.2, 0.25) is 0 Å². The number of rotatable bonds is 3. The van der Waals surface area contributed by atoms with Crippen molar-refractivity contribution in [3.63, 3.8) is 0 Å². The first-order valence-electron chi connectivity index (χ1n) is 7.42. The van der Waals surface area contributed by atoms with Crippen molar-refractivity contribution in [2.45, 2.75) is 19.8 Å². The number of carbonyl (C=O) groups excluding carboxylic acids is 1. The zero-order valence-electron chi connectivity index (χ0n) is 12.2. The number of hydrogen-bond acceptors (Lipinski definition) is 2. The van der Waals surface area contributed by atoms with Crippen LogP contribution in [0.15, 0.2) is 48.5 Å². The van der Waals surface area contributed by atoms with Crippen molar-refractivity contribution in [3.8, 4) is 5.75 Å². The van der Waals surface area contributed by atoms with Crippen LogP contribution in [0.3, 0.4) is 0 Å². The predicted molar refractivity (Wildman–Crippen MR) is 84.1 cm³/mol. The second-order valence-corrected chi connectivity index (χ2v) is 5.22. The van der Waals surface area contributed by atoms with Crippen LogP contribution in [0.5, 0.6) is 5.75 Å². The lowest BCUT2D eigenvalue weighted by molar-refractivity contribution is 0.0976. The van der Waals surface area contributed by atoms with Gasteiger partial charge in [0, 0.05) is 5.56 Å². The SMILES string of the molecule is CCCc1cccc(C(=O)N2CCOc3ccccc32)c1. The molecule has 0 bridgehead atoms. The smallest absolute Gasteiger partial charge is 0.258 e. The summed E-state index contributed by atoms with van der Waals surface area (Å²) >= 11 is 0. The van der Waals surface area contributed by atoms with Gasteiger partial charge in [0.25, 0.3) is 5.91 Å².